The van der Waals surface area contributed by atoms with E-state index in [-0.39, 0.29) is 5.97 Å². The first kappa shape index (κ1) is 11.8. The Labute approximate surface area is 111 Å². The Hall–Kier alpha value is -2.23. The number of hydrogen-bond acceptors (Lipinski definition) is 4. The van der Waals surface area contributed by atoms with Crippen LogP contribution >= 0.6 is 0 Å². The topological polar surface area (TPSA) is 52.1 Å². The number of ether oxygens (including phenoxy) is 1. The fraction of sp³-hybridized carbons (Fsp3) is 0.267. The van der Waals surface area contributed by atoms with Crippen molar-refractivity contribution in [3.8, 4) is 11.3 Å². The van der Waals surface area contributed by atoms with Crippen molar-refractivity contribution in [2.45, 2.75) is 18.8 Å². The van der Waals surface area contributed by atoms with Crippen LogP contribution in [0.25, 0.3) is 11.3 Å². The fourth-order valence-electron chi connectivity index (χ4n) is 2.18. The lowest BCUT2D eigenvalue weighted by atomic mass is 9.99. The zero-order valence-corrected chi connectivity index (χ0v) is 10.7. The summed E-state index contributed by atoms with van der Waals surface area (Å²) in [6.45, 7) is 0. The molecule has 1 fully saturated rings. The van der Waals surface area contributed by atoms with Crippen molar-refractivity contribution in [3.05, 3.63) is 47.9 Å². The molecule has 0 atom stereocenters. The van der Waals surface area contributed by atoms with E-state index in [9.17, 15) is 4.79 Å². The molecule has 0 spiro atoms. The van der Waals surface area contributed by atoms with Crippen molar-refractivity contribution in [1.29, 1.82) is 0 Å². The van der Waals surface area contributed by atoms with Crippen LogP contribution in [0.5, 0.6) is 0 Å². The van der Waals surface area contributed by atoms with E-state index in [2.05, 4.69) is 16.0 Å². The standard InChI is InChI=1S/C15H14N2O2/c1-19-15(18)13-8-11(10-2-3-10)4-5-12(13)14-6-7-16-9-17-14/h4-10H,2-3H2,1H3. The Morgan fingerprint density at radius 3 is 2.79 bits per heavy atom. The van der Waals surface area contributed by atoms with Crippen LogP contribution in [0.3, 0.4) is 0 Å². The molecule has 3 rings (SSSR count). The van der Waals surface area contributed by atoms with Gasteiger partial charge in [-0.3, -0.25) is 0 Å². The lowest BCUT2D eigenvalue weighted by molar-refractivity contribution is 0.0601. The number of hydrogen-bond donors (Lipinski definition) is 0. The normalized spacial score (nSPS) is 14.2. The minimum atomic E-state index is -0.323. The predicted octanol–water partition coefficient (Wildman–Crippen LogP) is 2.81. The summed E-state index contributed by atoms with van der Waals surface area (Å²) in [7, 11) is 1.40. The summed E-state index contributed by atoms with van der Waals surface area (Å²) in [5.74, 6) is 0.277. The van der Waals surface area contributed by atoms with E-state index in [1.165, 1.54) is 31.8 Å². The van der Waals surface area contributed by atoms with E-state index in [0.717, 1.165) is 11.3 Å². The van der Waals surface area contributed by atoms with E-state index < -0.39 is 0 Å². The number of methoxy groups -OCH3 is 1. The summed E-state index contributed by atoms with van der Waals surface area (Å²) in [5, 5.41) is 0. The average Bonchev–Trinajstić information content (AvgIpc) is 3.31. The Bertz CT molecular complexity index is 607. The number of carbonyl (C=O) groups is 1. The SMILES string of the molecule is COC(=O)c1cc(C2CC2)ccc1-c1ccncn1. The molecule has 96 valence electrons. The van der Waals surface area contributed by atoms with Gasteiger partial charge in [-0.05, 0) is 36.5 Å². The Kier molecular flexibility index (Phi) is 2.99. The van der Waals surface area contributed by atoms with Gasteiger partial charge in [0.25, 0.3) is 0 Å². The van der Waals surface area contributed by atoms with Crippen LogP contribution in [0.2, 0.25) is 0 Å². The van der Waals surface area contributed by atoms with Crippen molar-refractivity contribution in [2.75, 3.05) is 7.11 Å². The minimum absolute atomic E-state index is 0.323. The van der Waals surface area contributed by atoms with Crippen LogP contribution < -0.4 is 0 Å². The zero-order chi connectivity index (χ0) is 13.2. The maximum absolute atomic E-state index is 11.9. The van der Waals surface area contributed by atoms with Crippen molar-refractivity contribution in [3.63, 3.8) is 0 Å². The van der Waals surface area contributed by atoms with Crippen LogP contribution in [0.1, 0.15) is 34.7 Å². The van der Waals surface area contributed by atoms with Gasteiger partial charge < -0.3 is 4.74 Å². The average molecular weight is 254 g/mol. The van der Waals surface area contributed by atoms with Gasteiger partial charge in [-0.25, -0.2) is 14.8 Å². The summed E-state index contributed by atoms with van der Waals surface area (Å²) in [6.07, 6.45) is 5.55. The number of carbonyl (C=O) groups excluding carboxylic acids is 1. The Balaban J connectivity index is 2.10. The van der Waals surface area contributed by atoms with Crippen LogP contribution in [-0.2, 0) is 4.74 Å². The molecular formula is C15H14N2O2. The fourth-order valence-corrected chi connectivity index (χ4v) is 2.18. The maximum atomic E-state index is 11.9. The van der Waals surface area contributed by atoms with E-state index >= 15 is 0 Å². The number of aromatic nitrogens is 2. The van der Waals surface area contributed by atoms with Gasteiger partial charge in [0.1, 0.15) is 6.33 Å². The first-order valence-electron chi connectivity index (χ1n) is 6.28. The van der Waals surface area contributed by atoms with Crippen molar-refractivity contribution in [1.82, 2.24) is 9.97 Å². The largest absolute Gasteiger partial charge is 0.465 e. The van der Waals surface area contributed by atoms with E-state index in [1.54, 1.807) is 12.3 Å². The monoisotopic (exact) mass is 254 g/mol. The van der Waals surface area contributed by atoms with E-state index in [1.807, 2.05) is 12.1 Å². The Morgan fingerprint density at radius 1 is 1.32 bits per heavy atom. The minimum Gasteiger partial charge on any atom is -0.465 e. The van der Waals surface area contributed by atoms with Crippen LogP contribution in [0.15, 0.2) is 36.8 Å². The smallest absolute Gasteiger partial charge is 0.338 e. The molecule has 0 amide bonds. The summed E-state index contributed by atoms with van der Waals surface area (Å²) in [4.78, 5) is 20.0. The third-order valence-corrected chi connectivity index (χ3v) is 3.36. The lowest BCUT2D eigenvalue weighted by Crippen LogP contribution is -2.05. The predicted molar refractivity (Wildman–Crippen MR) is 70.8 cm³/mol. The van der Waals surface area contributed by atoms with E-state index in [0.29, 0.717) is 11.5 Å². The first-order chi connectivity index (χ1) is 9.29. The molecule has 0 N–H and O–H groups in total. The second-order valence-electron chi connectivity index (χ2n) is 4.67. The molecule has 0 bridgehead atoms. The van der Waals surface area contributed by atoms with Gasteiger partial charge in [-0.15, -0.1) is 0 Å². The number of benzene rings is 1. The van der Waals surface area contributed by atoms with Crippen molar-refractivity contribution in [2.24, 2.45) is 0 Å². The molecule has 2 aromatic rings. The summed E-state index contributed by atoms with van der Waals surface area (Å²) < 4.78 is 4.87. The van der Waals surface area contributed by atoms with Gasteiger partial charge in [-0.1, -0.05) is 12.1 Å². The highest BCUT2D eigenvalue weighted by molar-refractivity contribution is 5.97. The molecular weight excluding hydrogens is 240 g/mol. The van der Waals surface area contributed by atoms with Gasteiger partial charge >= 0.3 is 5.97 Å². The molecule has 0 radical (unpaired) electrons. The quantitative estimate of drug-likeness (QED) is 0.790. The first-order valence-corrected chi connectivity index (χ1v) is 6.28. The molecule has 0 aliphatic heterocycles. The van der Waals surface area contributed by atoms with Crippen LogP contribution in [0, 0.1) is 0 Å². The summed E-state index contributed by atoms with van der Waals surface area (Å²) >= 11 is 0. The molecule has 1 heterocycles. The molecule has 0 saturated heterocycles. The second kappa shape index (κ2) is 4.80. The third-order valence-electron chi connectivity index (χ3n) is 3.36. The molecule has 19 heavy (non-hydrogen) atoms. The molecule has 4 heteroatoms. The molecule has 0 unspecified atom stereocenters. The summed E-state index contributed by atoms with van der Waals surface area (Å²) in [6, 6.07) is 7.74. The van der Waals surface area contributed by atoms with Crippen LogP contribution in [0.4, 0.5) is 0 Å². The summed E-state index contributed by atoms with van der Waals surface area (Å²) in [5.41, 5.74) is 3.31. The highest BCUT2D eigenvalue weighted by Gasteiger charge is 2.25. The third kappa shape index (κ3) is 2.34. The highest BCUT2D eigenvalue weighted by Crippen LogP contribution is 2.41. The number of esters is 1. The molecule has 1 aliphatic carbocycles. The van der Waals surface area contributed by atoms with Gasteiger partial charge in [0.2, 0.25) is 0 Å². The number of nitrogens with zero attached hydrogens (tertiary/aromatic N) is 2. The van der Waals surface area contributed by atoms with Gasteiger partial charge in [0, 0.05) is 11.8 Å². The molecule has 4 nitrogen and oxygen atoms in total. The molecule has 1 aromatic heterocycles. The number of rotatable bonds is 3. The molecule has 1 aromatic carbocycles. The Morgan fingerprint density at radius 2 is 2.16 bits per heavy atom. The molecule has 1 saturated carbocycles. The van der Waals surface area contributed by atoms with Crippen LogP contribution in [-0.4, -0.2) is 23.0 Å². The van der Waals surface area contributed by atoms with Gasteiger partial charge in [0.05, 0.1) is 18.4 Å². The zero-order valence-electron chi connectivity index (χ0n) is 10.7. The highest BCUT2D eigenvalue weighted by atomic mass is 16.5. The van der Waals surface area contributed by atoms with Crippen molar-refractivity contribution < 1.29 is 9.53 Å². The second-order valence-corrected chi connectivity index (χ2v) is 4.67. The molecule has 1 aliphatic rings. The maximum Gasteiger partial charge on any atom is 0.338 e. The lowest BCUT2D eigenvalue weighted by Gasteiger charge is -2.09. The van der Waals surface area contributed by atoms with E-state index in [4.69, 9.17) is 4.74 Å². The van der Waals surface area contributed by atoms with Crippen molar-refractivity contribution >= 4 is 5.97 Å². The van der Waals surface area contributed by atoms with Gasteiger partial charge in [-0.2, -0.15) is 0 Å². The van der Waals surface area contributed by atoms with Gasteiger partial charge in [0.15, 0.2) is 0 Å².